The Balaban J connectivity index is 1.33. The van der Waals surface area contributed by atoms with Crippen LogP contribution in [0.15, 0.2) is 97.2 Å². The second kappa shape index (κ2) is 43.4. The Morgan fingerprint density at radius 3 is 1.34 bits per heavy atom. The first kappa shape index (κ1) is 71.0. The summed E-state index contributed by atoms with van der Waals surface area (Å²) in [6.07, 6.45) is 27.9. The summed E-state index contributed by atoms with van der Waals surface area (Å²) in [6, 6.07) is -0.978. The molecule has 3 heterocycles. The highest BCUT2D eigenvalue weighted by Gasteiger charge is 2.53. The van der Waals surface area contributed by atoms with Gasteiger partial charge in [-0.05, 0) is 70.6 Å². The van der Waals surface area contributed by atoms with Gasteiger partial charge in [0.1, 0.15) is 73.2 Å². The first-order valence-corrected chi connectivity index (χ1v) is 29.5. The second-order valence-corrected chi connectivity index (χ2v) is 20.7. The van der Waals surface area contributed by atoms with Crippen LogP contribution in [0.2, 0.25) is 0 Å². The van der Waals surface area contributed by atoms with Gasteiger partial charge in [-0.15, -0.1) is 0 Å². The van der Waals surface area contributed by atoms with E-state index >= 15 is 0 Å². The number of allylic oxidation sites excluding steroid dienone is 15. The highest BCUT2D eigenvalue weighted by molar-refractivity contribution is 5.76. The number of ether oxygens (including phenoxy) is 6. The number of hydrogen-bond donors (Lipinski definition) is 12. The van der Waals surface area contributed by atoms with Crippen molar-refractivity contribution >= 4 is 5.91 Å². The number of unbranched alkanes of at least 4 members (excludes halogenated alkanes) is 11. The fourth-order valence-corrected chi connectivity index (χ4v) is 9.27. The predicted octanol–water partition coefficient (Wildman–Crippen LogP) is 4.98. The zero-order valence-corrected chi connectivity index (χ0v) is 47.5. The van der Waals surface area contributed by atoms with Gasteiger partial charge in [-0.2, -0.15) is 0 Å². The summed E-state index contributed by atoms with van der Waals surface area (Å²) < 4.78 is 34.0. The maximum Gasteiger partial charge on any atom is 0.220 e. The molecule has 0 aromatic heterocycles. The summed E-state index contributed by atoms with van der Waals surface area (Å²) in [6.45, 7) is 1.39. The summed E-state index contributed by atoms with van der Waals surface area (Å²) >= 11 is 0. The molecule has 0 aromatic carbocycles. The molecule has 19 nitrogen and oxygen atoms in total. The van der Waals surface area contributed by atoms with E-state index in [2.05, 4.69) is 97.3 Å². The average Bonchev–Trinajstić information content (AvgIpc) is 3.58. The molecule has 458 valence electrons. The van der Waals surface area contributed by atoms with Crippen LogP contribution in [0.1, 0.15) is 149 Å². The lowest BCUT2D eigenvalue weighted by atomic mass is 9.96. The number of amides is 1. The maximum atomic E-state index is 13.2. The molecule has 17 unspecified atom stereocenters. The summed E-state index contributed by atoms with van der Waals surface area (Å²) in [5.41, 5.74) is 0. The third-order valence-corrected chi connectivity index (χ3v) is 14.1. The van der Waals surface area contributed by atoms with Gasteiger partial charge in [0.25, 0.3) is 0 Å². The van der Waals surface area contributed by atoms with Crippen LogP contribution in [-0.4, -0.2) is 193 Å². The van der Waals surface area contributed by atoms with Gasteiger partial charge in [-0.1, -0.05) is 169 Å². The Hall–Kier alpha value is -3.29. The van der Waals surface area contributed by atoms with Crippen LogP contribution in [0.3, 0.4) is 0 Å². The van der Waals surface area contributed by atoms with Gasteiger partial charge in [0.2, 0.25) is 5.91 Å². The van der Waals surface area contributed by atoms with Gasteiger partial charge in [0.05, 0.1) is 38.6 Å². The third kappa shape index (κ3) is 27.0. The maximum absolute atomic E-state index is 13.2. The highest BCUT2D eigenvalue weighted by atomic mass is 16.8. The first-order chi connectivity index (χ1) is 38.8. The minimum Gasteiger partial charge on any atom is -0.394 e. The van der Waals surface area contributed by atoms with Crippen molar-refractivity contribution in [2.45, 2.75) is 253 Å². The van der Waals surface area contributed by atoms with E-state index in [1.807, 2.05) is 13.0 Å². The van der Waals surface area contributed by atoms with Gasteiger partial charge < -0.3 is 89.9 Å². The fraction of sp³-hybridized carbons (Fsp3) is 0.721. The fourth-order valence-electron chi connectivity index (χ4n) is 9.27. The predicted molar refractivity (Wildman–Crippen MR) is 304 cm³/mol. The summed E-state index contributed by atoms with van der Waals surface area (Å²) in [7, 11) is 0. The normalized spacial score (nSPS) is 30.7. The lowest BCUT2D eigenvalue weighted by Crippen LogP contribution is -2.66. The topological polar surface area (TPSA) is 307 Å². The number of hydrogen-bond acceptors (Lipinski definition) is 18. The molecule has 19 heteroatoms. The third-order valence-electron chi connectivity index (χ3n) is 14.1. The van der Waals surface area contributed by atoms with Gasteiger partial charge in [-0.3, -0.25) is 4.79 Å². The van der Waals surface area contributed by atoms with Crippen LogP contribution < -0.4 is 5.32 Å². The van der Waals surface area contributed by atoms with Crippen LogP contribution >= 0.6 is 0 Å². The highest BCUT2D eigenvalue weighted by Crippen LogP contribution is 2.33. The quantitative estimate of drug-likeness (QED) is 0.0284. The standard InChI is InChI=1S/C61H101NO18/c1-3-5-7-9-10-11-12-13-14-15-16-17-18-19-20-21-22-23-24-25-26-27-28-29-30-31-32-33-34-35-37-39-49(67)62-44(45(66)38-36-8-6-4-2)43-75-59-55(73)52(70)57(47(41-64)77-59)80-61-56(74)53(71)58(48(42-65)78-61)79-60-54(72)51(69)50(68)46(40-63)76-60/h5,7,10-11,13-14,16-17,19-20,22-23,25-26,36,38,44-48,50-61,63-66,68-74H,3-4,6,8-9,12,15,18,21,24,27-35,37,39-43H2,1-2H3,(H,62,67)/b7-5-,11-10-,14-13-,17-16-,20-19-,23-22-,26-25-,38-36+. The van der Waals surface area contributed by atoms with Crippen molar-refractivity contribution in [3.05, 3.63) is 97.2 Å². The molecule has 0 aliphatic carbocycles. The van der Waals surface area contributed by atoms with Gasteiger partial charge in [0, 0.05) is 6.42 Å². The van der Waals surface area contributed by atoms with Crippen molar-refractivity contribution in [2.24, 2.45) is 0 Å². The summed E-state index contributed by atoms with van der Waals surface area (Å²) in [4.78, 5) is 13.2. The van der Waals surface area contributed by atoms with E-state index in [1.54, 1.807) is 6.08 Å². The van der Waals surface area contributed by atoms with E-state index in [-0.39, 0.29) is 18.9 Å². The van der Waals surface area contributed by atoms with E-state index < -0.39 is 124 Å². The largest absolute Gasteiger partial charge is 0.394 e. The molecule has 0 saturated carbocycles. The molecule has 12 N–H and O–H groups in total. The minimum atomic E-state index is -1.98. The van der Waals surface area contributed by atoms with Crippen molar-refractivity contribution < 1.29 is 89.4 Å². The Bertz CT molecular complexity index is 1840. The minimum absolute atomic E-state index is 0.227. The van der Waals surface area contributed by atoms with Crippen molar-refractivity contribution in [3.8, 4) is 0 Å². The van der Waals surface area contributed by atoms with Crippen LogP contribution in [0.25, 0.3) is 0 Å². The van der Waals surface area contributed by atoms with E-state index in [9.17, 15) is 61.0 Å². The second-order valence-electron chi connectivity index (χ2n) is 20.7. The van der Waals surface area contributed by atoms with E-state index in [4.69, 9.17) is 28.4 Å². The molecular formula is C61H101NO18. The van der Waals surface area contributed by atoms with E-state index in [0.717, 1.165) is 89.9 Å². The molecular weight excluding hydrogens is 1030 g/mol. The smallest absolute Gasteiger partial charge is 0.220 e. The lowest BCUT2D eigenvalue weighted by Gasteiger charge is -2.48. The Morgan fingerprint density at radius 1 is 0.463 bits per heavy atom. The van der Waals surface area contributed by atoms with Crippen molar-refractivity contribution in [1.29, 1.82) is 0 Å². The lowest BCUT2D eigenvalue weighted by molar-refractivity contribution is -0.379. The van der Waals surface area contributed by atoms with Gasteiger partial charge in [-0.25, -0.2) is 0 Å². The molecule has 3 aliphatic heterocycles. The van der Waals surface area contributed by atoms with Crippen LogP contribution in [0.5, 0.6) is 0 Å². The van der Waals surface area contributed by atoms with Crippen LogP contribution in [0.4, 0.5) is 0 Å². The first-order valence-electron chi connectivity index (χ1n) is 29.5. The zero-order valence-electron chi connectivity index (χ0n) is 47.5. The molecule has 80 heavy (non-hydrogen) atoms. The Kier molecular flexibility index (Phi) is 38.5. The monoisotopic (exact) mass is 1140 g/mol. The van der Waals surface area contributed by atoms with Crippen molar-refractivity contribution in [2.75, 3.05) is 26.4 Å². The average molecular weight is 1140 g/mol. The molecule has 17 atom stereocenters. The zero-order chi connectivity index (χ0) is 58.3. The number of aliphatic hydroxyl groups is 11. The van der Waals surface area contributed by atoms with Crippen molar-refractivity contribution in [1.82, 2.24) is 5.32 Å². The Labute approximate surface area is 475 Å². The van der Waals surface area contributed by atoms with Crippen LogP contribution in [-0.2, 0) is 33.2 Å². The number of carbonyl (C=O) groups excluding carboxylic acids is 1. The molecule has 3 fully saturated rings. The van der Waals surface area contributed by atoms with Gasteiger partial charge in [0.15, 0.2) is 18.9 Å². The molecule has 1 amide bonds. The summed E-state index contributed by atoms with van der Waals surface area (Å²) in [5.74, 6) is -0.298. The number of rotatable bonds is 41. The van der Waals surface area contributed by atoms with E-state index in [1.165, 1.54) is 25.7 Å². The SMILES string of the molecule is CC/C=C\C/C=C\C/C=C\C/C=C\C/C=C\C/C=C\C/C=C\CCCCCCCCCCCC(=O)NC(COC1OC(CO)C(OC2OC(CO)C(OC3OC(CO)C(O)C(O)C3O)C(O)C2O)C(O)C1O)C(O)/C=C/CCCC. The molecule has 3 saturated heterocycles. The molecule has 0 bridgehead atoms. The molecule has 0 aromatic rings. The number of nitrogens with one attached hydrogen (secondary N) is 1. The summed E-state index contributed by atoms with van der Waals surface area (Å²) in [5, 5.41) is 119. The molecule has 0 radical (unpaired) electrons. The van der Waals surface area contributed by atoms with E-state index in [0.29, 0.717) is 12.8 Å². The Morgan fingerprint density at radius 2 is 0.863 bits per heavy atom. The molecule has 3 rings (SSSR count). The van der Waals surface area contributed by atoms with Crippen LogP contribution in [0, 0.1) is 0 Å². The van der Waals surface area contributed by atoms with Crippen molar-refractivity contribution in [3.63, 3.8) is 0 Å². The number of carbonyl (C=O) groups is 1. The number of aliphatic hydroxyl groups excluding tert-OH is 11. The molecule has 3 aliphatic rings. The van der Waals surface area contributed by atoms with Gasteiger partial charge >= 0.3 is 0 Å². The molecule has 0 spiro atoms.